The summed E-state index contributed by atoms with van der Waals surface area (Å²) in [5.41, 5.74) is 0. The topological polar surface area (TPSA) is 0 Å². The van der Waals surface area contributed by atoms with Crippen molar-refractivity contribution >= 4 is 0 Å². The second kappa shape index (κ2) is 17.9. The Hall–Kier alpha value is 2.47. The third-order valence-corrected chi connectivity index (χ3v) is 0. The van der Waals surface area contributed by atoms with Gasteiger partial charge in [-0.25, -0.2) is 0 Å². The Labute approximate surface area is 76.6 Å². The van der Waals surface area contributed by atoms with Crippen molar-refractivity contribution in [3.63, 3.8) is 0 Å². The summed E-state index contributed by atoms with van der Waals surface area (Å²) in [7, 11) is 0. The summed E-state index contributed by atoms with van der Waals surface area (Å²) in [5.74, 6) is 0. The van der Waals surface area contributed by atoms with Crippen molar-refractivity contribution in [2.45, 2.75) is 0 Å². The van der Waals surface area contributed by atoms with Gasteiger partial charge in [0.25, 0.3) is 0 Å². The fourth-order valence-corrected chi connectivity index (χ4v) is 0. The molecule has 0 bridgehead atoms. The van der Waals surface area contributed by atoms with Crippen molar-refractivity contribution in [1.29, 1.82) is 0 Å². The van der Waals surface area contributed by atoms with E-state index >= 15 is 0 Å². The summed E-state index contributed by atoms with van der Waals surface area (Å²) in [4.78, 5) is 0. The first kappa shape index (κ1) is 31.8. The molecule has 0 atom stereocenters. The number of rotatable bonds is 0. The van der Waals surface area contributed by atoms with Crippen LogP contribution in [0.2, 0.25) is 0 Å². The minimum Gasteiger partial charge on any atom is 0 e. The first-order valence-electron chi connectivity index (χ1n) is 0. The smallest absolute Gasteiger partial charge is 0 e. The quantitative estimate of drug-likeness (QED) is 0.513. The average molecular weight is 388 g/mol. The van der Waals surface area contributed by atoms with Gasteiger partial charge in [-0.3, -0.25) is 0 Å². The predicted octanol–water partition coefficient (Wildman–Crippen LogP) is -0.0100. The van der Waals surface area contributed by atoms with Crippen LogP contribution in [-0.2, 0) is 77.6 Å². The fourth-order valence-electron chi connectivity index (χ4n) is 0. The number of hydrogen-bond donors (Lipinski definition) is 0. The van der Waals surface area contributed by atoms with Gasteiger partial charge in [0.15, 0.2) is 0 Å². The average Bonchev–Trinajstić information content (AvgIpc) is 0. The molecular weight excluding hydrogens is 388 g/mol. The van der Waals surface area contributed by atoms with Gasteiger partial charge in [-0.15, -0.1) is 0 Å². The molecule has 0 aliphatic heterocycles. The zero-order valence-electron chi connectivity index (χ0n) is 1.60. The summed E-state index contributed by atoms with van der Waals surface area (Å²) in [6.07, 6.45) is 0. The molecule has 0 nitrogen and oxygen atoms in total. The third kappa shape index (κ3) is 8.82. The molecule has 0 rings (SSSR count). The van der Waals surface area contributed by atoms with Crippen LogP contribution >= 0.6 is 0 Å². The molecule has 0 unspecified atom stereocenters. The molecule has 0 fully saturated rings. The van der Waals surface area contributed by atoms with Crippen LogP contribution in [0.5, 0.6) is 0 Å². The van der Waals surface area contributed by atoms with E-state index in [1.54, 1.807) is 0 Å². The van der Waals surface area contributed by atoms with E-state index < -0.39 is 0 Å². The maximum atomic E-state index is 0. The minimum absolute atomic E-state index is 0. The van der Waals surface area contributed by atoms with E-state index in [0.29, 0.717) is 0 Å². The van der Waals surface area contributed by atoms with Gasteiger partial charge in [-0.1, -0.05) is 0 Å². The second-order valence-electron chi connectivity index (χ2n) is 0. The van der Waals surface area contributed by atoms with Crippen LogP contribution in [0.15, 0.2) is 0 Å². The van der Waals surface area contributed by atoms with Gasteiger partial charge >= 0.3 is 0 Å². The summed E-state index contributed by atoms with van der Waals surface area (Å²) in [5, 5.41) is 0. The Bertz CT molecular complexity index is 8.00. The van der Waals surface area contributed by atoms with Crippen molar-refractivity contribution in [2.75, 3.05) is 0 Å². The van der Waals surface area contributed by atoms with Gasteiger partial charge < -0.3 is 0 Å². The van der Waals surface area contributed by atoms with E-state index in [-0.39, 0.29) is 77.6 Å². The van der Waals surface area contributed by atoms with Crippen molar-refractivity contribution in [3.05, 3.63) is 0 Å². The van der Waals surface area contributed by atoms with Gasteiger partial charge in [-0.05, 0) is 0 Å². The molecule has 4 heavy (non-hydrogen) atoms. The molecule has 2 radical (unpaired) electrons. The molecule has 0 aromatic rings. The van der Waals surface area contributed by atoms with Crippen LogP contribution in [0.4, 0.5) is 0 Å². The second-order valence-corrected chi connectivity index (χ2v) is 0. The van der Waals surface area contributed by atoms with Gasteiger partial charge in [-0.2, -0.15) is 0 Å². The van der Waals surface area contributed by atoms with E-state index in [4.69, 9.17) is 0 Å². The molecule has 0 saturated heterocycles. The van der Waals surface area contributed by atoms with Crippen molar-refractivity contribution in [3.8, 4) is 0 Å². The van der Waals surface area contributed by atoms with Crippen molar-refractivity contribution < 1.29 is 77.6 Å². The minimum atomic E-state index is 0. The van der Waals surface area contributed by atoms with E-state index in [2.05, 4.69) is 0 Å². The fraction of sp³-hybridized carbons (Fsp3) is 0. The maximum absolute atomic E-state index is 0. The Balaban J connectivity index is 0. The van der Waals surface area contributed by atoms with Crippen LogP contribution in [-0.4, -0.2) is 0 Å². The Morgan fingerprint density at radius 2 is 1.00 bits per heavy atom. The molecule has 4 heteroatoms. The molecule has 0 spiro atoms. The maximum Gasteiger partial charge on any atom is 0 e. The van der Waals surface area contributed by atoms with Gasteiger partial charge in [0, 0.05) is 77.6 Å². The summed E-state index contributed by atoms with van der Waals surface area (Å²) < 4.78 is 0. The normalized spacial score (nSPS) is 0. The van der Waals surface area contributed by atoms with E-state index in [9.17, 15) is 0 Å². The molecule has 0 amide bonds. The third-order valence-electron chi connectivity index (χ3n) is 0. The van der Waals surface area contributed by atoms with Crippen LogP contribution in [0.3, 0.4) is 0 Å². The largest absolute Gasteiger partial charge is 0 e. The monoisotopic (exact) mass is 390 g/mol. The van der Waals surface area contributed by atoms with E-state index in [0.717, 1.165) is 0 Å². The standard InChI is InChI=1S/Co.Cr.Mo.Ta. The van der Waals surface area contributed by atoms with Crippen molar-refractivity contribution in [2.24, 2.45) is 0 Å². The SMILES string of the molecule is [Co].[Cr].[Mo].[Ta]. The predicted molar refractivity (Wildman–Crippen MR) is 0 cm³/mol. The molecule has 0 aromatic heterocycles. The van der Waals surface area contributed by atoms with Crippen LogP contribution in [0.25, 0.3) is 0 Å². The summed E-state index contributed by atoms with van der Waals surface area (Å²) in [6, 6.07) is 0. The number of hydrogen-bond acceptors (Lipinski definition) is 0. The molecule has 0 aliphatic rings. The molecule has 0 aromatic carbocycles. The molecule has 0 N–H and O–H groups in total. The summed E-state index contributed by atoms with van der Waals surface area (Å²) in [6.45, 7) is 0. The molecule has 26 valence electrons. The van der Waals surface area contributed by atoms with Gasteiger partial charge in [0.05, 0.1) is 0 Å². The van der Waals surface area contributed by atoms with Crippen LogP contribution < -0.4 is 0 Å². The molecule has 0 heterocycles. The van der Waals surface area contributed by atoms with Crippen LogP contribution in [0, 0.1) is 0 Å². The first-order chi connectivity index (χ1) is 0. The van der Waals surface area contributed by atoms with E-state index in [1.165, 1.54) is 0 Å². The molecular formula is CoCrMoTa. The van der Waals surface area contributed by atoms with Crippen LogP contribution in [0.1, 0.15) is 0 Å². The zero-order chi connectivity index (χ0) is 0. The molecule has 0 aliphatic carbocycles. The zero-order valence-corrected chi connectivity index (χ0v) is 9.13. The molecule has 0 saturated carbocycles. The first-order valence-corrected chi connectivity index (χ1v) is 0. The Morgan fingerprint density at radius 3 is 1.00 bits per heavy atom. The van der Waals surface area contributed by atoms with Gasteiger partial charge in [0.1, 0.15) is 0 Å². The Kier molecular flexibility index (Phi) is 142. The van der Waals surface area contributed by atoms with Gasteiger partial charge in [0.2, 0.25) is 0 Å². The summed E-state index contributed by atoms with van der Waals surface area (Å²) >= 11 is 0. The van der Waals surface area contributed by atoms with Crippen molar-refractivity contribution in [1.82, 2.24) is 0 Å². The Morgan fingerprint density at radius 1 is 1.00 bits per heavy atom. The van der Waals surface area contributed by atoms with E-state index in [1.807, 2.05) is 0 Å².